The minimum atomic E-state index is -1.79. The number of H-pyrrole nitrogens is 3. The number of aromatic hydroxyl groups is 1. The SMILES string of the molecule is CCCC[C@H]1C(=O)N(C)[C@@H](CCCC)C(=O)N[C@@H](CCC(=O)O)C(=O)N[C@H](C(=O)NCC(N)=O)CSCC(=O)N[C@@H](Cc2ccc(O)cc2)C(=O)N[C@H](C)C(=O)N[C@@H](CC(N)=O)C(=O)N2CCC[C@H]2C(=O)N[C@@H](Cc2cnc[nH]2)C(=O)N[C@@H](CC(C)C)C(=O)N2C[C@H](O)C[C@H]2C(=O)C[C@@H](Cc2c[nH]c3ccccc23)C(=O)N[C@@H](CCCCN)C(=O)N[C@@H](Cc2c[nH]c3ccccc23)C(=O)N1C. The molecule has 42 nitrogen and oxygen atoms in total. The summed E-state index contributed by atoms with van der Waals surface area (Å²) >= 11 is 0.710. The van der Waals surface area contributed by atoms with Crippen molar-refractivity contribution in [1.82, 2.24) is 92.7 Å². The van der Waals surface area contributed by atoms with Crippen LogP contribution in [0.1, 0.15) is 166 Å². The second-order valence-electron chi connectivity index (χ2n) is 35.4. The number of para-hydroxylation sites is 2. The van der Waals surface area contributed by atoms with E-state index in [4.69, 9.17) is 17.2 Å². The van der Waals surface area contributed by atoms with Crippen LogP contribution in [0.3, 0.4) is 0 Å². The smallest absolute Gasteiger partial charge is 0.303 e. The van der Waals surface area contributed by atoms with Crippen molar-refractivity contribution in [1.29, 1.82) is 0 Å². The van der Waals surface area contributed by atoms with Crippen LogP contribution in [0.2, 0.25) is 0 Å². The van der Waals surface area contributed by atoms with Crippen LogP contribution in [0.4, 0.5) is 0 Å². The Morgan fingerprint density at radius 3 is 1.76 bits per heavy atom. The number of benzene rings is 3. The summed E-state index contributed by atoms with van der Waals surface area (Å²) in [5.41, 5.74) is 20.4. The van der Waals surface area contributed by atoms with Crippen LogP contribution in [0.15, 0.2) is 97.7 Å². The highest BCUT2D eigenvalue weighted by Gasteiger charge is 2.47. The number of aromatic nitrogens is 4. The molecule has 0 spiro atoms. The molecular weight excluding hydrogens is 1780 g/mol. The zero-order valence-electron chi connectivity index (χ0n) is 77.6. The molecule has 3 aliphatic heterocycles. The number of nitrogens with two attached hydrogens (primary N) is 3. The van der Waals surface area contributed by atoms with Crippen molar-refractivity contribution >= 4 is 140 Å². The topological polar surface area (TPSA) is 640 Å². The Morgan fingerprint density at radius 1 is 0.566 bits per heavy atom. The van der Waals surface area contributed by atoms with Gasteiger partial charge in [-0.2, -0.15) is 0 Å². The number of carboxylic acids is 1. The van der Waals surface area contributed by atoms with E-state index in [9.17, 15) is 63.3 Å². The van der Waals surface area contributed by atoms with Crippen LogP contribution in [0, 0.1) is 11.8 Å². The zero-order chi connectivity index (χ0) is 99.1. The van der Waals surface area contributed by atoms with Gasteiger partial charge >= 0.3 is 5.97 Å². The first-order chi connectivity index (χ1) is 64.9. The highest BCUT2D eigenvalue weighted by molar-refractivity contribution is 8.00. The molecule has 22 N–H and O–H groups in total. The van der Waals surface area contributed by atoms with Crippen molar-refractivity contribution in [3.8, 4) is 5.75 Å². The third-order valence-electron chi connectivity index (χ3n) is 24.5. The third kappa shape index (κ3) is 30.3. The van der Waals surface area contributed by atoms with E-state index in [2.05, 4.69) is 73.1 Å². The van der Waals surface area contributed by atoms with Crippen LogP contribution in [0.5, 0.6) is 5.75 Å². The molecule has 3 saturated heterocycles. The van der Waals surface area contributed by atoms with Crippen LogP contribution in [-0.4, -0.2) is 298 Å². The maximum atomic E-state index is 15.9. The van der Waals surface area contributed by atoms with Gasteiger partial charge in [-0.15, -0.1) is 11.8 Å². The predicted molar refractivity (Wildman–Crippen MR) is 500 cm³/mol. The first-order valence-electron chi connectivity index (χ1n) is 46.1. The Kier molecular flexibility index (Phi) is 40.2. The lowest BCUT2D eigenvalue weighted by Gasteiger charge is -2.36. The monoisotopic (exact) mass is 1910 g/mol. The molecule has 0 radical (unpaired) electrons. The molecule has 0 saturated carbocycles. The van der Waals surface area contributed by atoms with Gasteiger partial charge in [-0.3, -0.25) is 86.3 Å². The van der Waals surface area contributed by atoms with Crippen LogP contribution >= 0.6 is 11.8 Å². The van der Waals surface area contributed by atoms with Crippen molar-refractivity contribution in [2.75, 3.05) is 51.8 Å². The maximum Gasteiger partial charge on any atom is 0.303 e. The number of Topliss-reactive ketones (excluding diaryl/α,β-unsaturated/α-hetero) is 1. The van der Waals surface area contributed by atoms with E-state index >= 15 is 38.4 Å². The number of carboxylic acid groups (broad SMARTS) is 1. The summed E-state index contributed by atoms with van der Waals surface area (Å²) in [6.07, 6.45) is 2.84. The number of aliphatic hydroxyl groups is 1. The number of nitrogens with one attached hydrogen (secondary N) is 13. The average Bonchev–Trinajstić information content (AvgIpc) is 1.61. The molecular formula is C93H129N21O21S. The van der Waals surface area contributed by atoms with Gasteiger partial charge in [0.2, 0.25) is 94.5 Å². The van der Waals surface area contributed by atoms with E-state index in [-0.39, 0.29) is 108 Å². The molecule has 0 unspecified atom stereocenters. The number of nitrogens with zero attached hydrogens (tertiary/aromatic N) is 5. The number of rotatable bonds is 28. The van der Waals surface area contributed by atoms with E-state index in [0.717, 1.165) is 14.7 Å². The third-order valence-corrected chi connectivity index (χ3v) is 25.5. The largest absolute Gasteiger partial charge is 0.508 e. The summed E-state index contributed by atoms with van der Waals surface area (Å²) in [5.74, 6) is -20.0. The summed E-state index contributed by atoms with van der Waals surface area (Å²) in [4.78, 5) is 281. The molecule has 3 fully saturated rings. The fourth-order valence-electron chi connectivity index (χ4n) is 17.2. The fourth-order valence-corrected chi connectivity index (χ4v) is 18.0. The summed E-state index contributed by atoms with van der Waals surface area (Å²) in [7, 11) is 2.69. The maximum absolute atomic E-state index is 15.9. The average molecular weight is 1910 g/mol. The summed E-state index contributed by atoms with van der Waals surface area (Å²) in [6, 6.07) is -0.143. The van der Waals surface area contributed by atoms with E-state index in [1.165, 1.54) is 62.7 Å². The second-order valence-corrected chi connectivity index (χ2v) is 36.5. The zero-order valence-corrected chi connectivity index (χ0v) is 78.5. The highest BCUT2D eigenvalue weighted by Crippen LogP contribution is 2.30. The fraction of sp³-hybridized carbons (Fsp3) is 0.538. The Bertz CT molecular complexity index is 5220. The Balaban J connectivity index is 1.11. The molecule has 6 aromatic rings. The molecule has 136 heavy (non-hydrogen) atoms. The first-order valence-corrected chi connectivity index (χ1v) is 47.3. The number of carbonyl (C=O) groups excluding carboxylic acids is 17. The number of hydrogen-bond donors (Lipinski definition) is 19. The number of likely N-dealkylation sites (N-methyl/N-ethyl adjacent to an activating group) is 2. The standard InChI is InChI=1S/C93H129N21O21S/c1-8-10-24-72-88(130)105-65(31-32-80(121)122)85(127)110-71(83(125)100-46-78(96)119)48-136-49-79(120)103-66(36-53-27-29-58(115)30-28-53)86(128)102-52(5)81(123)107-70(42-77(95)118)91(133)113-34-18-26-73(113)89(131)106-67(40-57-45-97-50-101-57)87(129)108-68(35-51(3)4)92(134)114-47-59(116)41-75(114)76(117)39-54(37-55-43-98-62-21-14-12-19-60(55)62)82(124)104-64(23-16-17-33-94)84(126)109-69(38-56-44-99-63-22-15-13-20-61(56)63)90(132)112(7)74(25-11-9-2)93(135)111(72)6/h12-15,19-22,27-30,43-45,50-52,54,59,64-75,98-99,115-116H,8-11,16-18,23-26,31-42,46-49,94H2,1-7H3,(H2,95,118)(H2,96,119)(H,97,101)(H,100,125)(H,102,128)(H,103,120)(H,104,124)(H,105,130)(H,106,131)(H,107,123)(H,108,129)(H,109,126)(H,110,127)(H,121,122)/t52-,54-,59-,64+,65+,66+,67+,68+,69+,70+,71+,72+,73+,74+,75+/m1/s1. The number of phenols is 1. The van der Waals surface area contributed by atoms with Crippen molar-refractivity contribution in [3.63, 3.8) is 0 Å². The van der Waals surface area contributed by atoms with Crippen LogP contribution < -0.4 is 70.4 Å². The Morgan fingerprint density at radius 2 is 1.14 bits per heavy atom. The molecule has 9 rings (SSSR count). The number of aliphatic carboxylic acids is 1. The van der Waals surface area contributed by atoms with Gasteiger partial charge in [0.1, 0.15) is 78.3 Å². The number of thioether (sulfide) groups is 1. The minimum Gasteiger partial charge on any atom is -0.508 e. The number of aliphatic hydroxyl groups excluding tert-OH is 1. The number of primary amides is 2. The molecule has 3 aromatic heterocycles. The number of ketones is 1. The van der Waals surface area contributed by atoms with E-state index in [1.54, 1.807) is 62.6 Å². The lowest BCUT2D eigenvalue weighted by Crippen LogP contribution is -2.60. The number of unbranched alkanes of at least 4 members (excludes halogenated alkanes) is 3. The van der Waals surface area contributed by atoms with Crippen LogP contribution in [0.25, 0.3) is 21.8 Å². The molecule has 0 aliphatic carbocycles. The van der Waals surface area contributed by atoms with Crippen LogP contribution in [-0.2, 0) is 112 Å². The van der Waals surface area contributed by atoms with Gasteiger partial charge < -0.3 is 120 Å². The molecule has 43 heteroatoms. The van der Waals surface area contributed by atoms with Gasteiger partial charge in [-0.1, -0.05) is 102 Å². The normalized spacial score (nSPS) is 24.7. The van der Waals surface area contributed by atoms with Gasteiger partial charge in [0.05, 0.1) is 37.2 Å². The second kappa shape index (κ2) is 51.4. The van der Waals surface area contributed by atoms with Gasteiger partial charge in [-0.05, 0) is 125 Å². The number of hydrogen-bond acceptors (Lipinski definition) is 23. The minimum absolute atomic E-state index is 0.00841. The quantitative estimate of drug-likeness (QED) is 0.0277. The molecule has 738 valence electrons. The molecule has 0 bridgehead atoms. The van der Waals surface area contributed by atoms with Crippen molar-refractivity contribution in [2.45, 2.75) is 254 Å². The Labute approximate surface area is 791 Å². The number of amides is 16. The molecule has 3 aromatic carbocycles. The first kappa shape index (κ1) is 106. The van der Waals surface area contributed by atoms with Gasteiger partial charge in [0.15, 0.2) is 5.78 Å². The Hall–Kier alpha value is -13.3. The summed E-state index contributed by atoms with van der Waals surface area (Å²) in [5, 5.41) is 59.5. The summed E-state index contributed by atoms with van der Waals surface area (Å²) in [6.45, 7) is 7.29. The van der Waals surface area contributed by atoms with Gasteiger partial charge in [-0.25, -0.2) is 4.98 Å². The summed E-state index contributed by atoms with van der Waals surface area (Å²) < 4.78 is 0. The highest BCUT2D eigenvalue weighted by atomic mass is 32.2. The van der Waals surface area contributed by atoms with E-state index < -0.39 is 247 Å². The lowest BCUT2D eigenvalue weighted by atomic mass is 9.89. The number of fused-ring (bicyclic) bond motifs is 4. The van der Waals surface area contributed by atoms with Crippen molar-refractivity contribution in [2.24, 2.45) is 29.0 Å². The van der Waals surface area contributed by atoms with E-state index in [1.807, 2.05) is 26.0 Å². The lowest BCUT2D eigenvalue weighted by molar-refractivity contribution is -0.149. The van der Waals surface area contributed by atoms with Crippen molar-refractivity contribution < 1.29 is 102 Å². The van der Waals surface area contributed by atoms with Gasteiger partial charge in [0, 0.05) is 123 Å². The number of imidazole rings is 1. The molecule has 6 heterocycles. The van der Waals surface area contributed by atoms with E-state index in [0.29, 0.717) is 81.6 Å². The molecule has 16 amide bonds. The molecule has 3 aliphatic rings. The predicted octanol–water partition coefficient (Wildman–Crippen LogP) is -0.442. The number of aromatic amines is 3. The van der Waals surface area contributed by atoms with Gasteiger partial charge in [0.25, 0.3) is 0 Å². The number of carbonyl (C=O) groups is 18. The van der Waals surface area contributed by atoms with Crippen molar-refractivity contribution in [3.05, 3.63) is 120 Å². The number of phenolic OH excluding ortho intramolecular Hbond substituents is 1. The molecule has 15 atom stereocenters.